The highest BCUT2D eigenvalue weighted by atomic mass is 35.5. The number of piperidine rings is 1. The maximum absolute atomic E-state index is 13.7. The van der Waals surface area contributed by atoms with Gasteiger partial charge in [-0.05, 0) is 96.8 Å². The first-order valence-electron chi connectivity index (χ1n) is 16.9. The lowest BCUT2D eigenvalue weighted by atomic mass is 10.0. The Balaban J connectivity index is 1.20. The van der Waals surface area contributed by atoms with E-state index >= 15 is 0 Å². The third kappa shape index (κ3) is 7.20. The molecule has 0 saturated carbocycles. The molecule has 2 amide bonds. The molecule has 2 saturated heterocycles. The van der Waals surface area contributed by atoms with E-state index < -0.39 is 15.1 Å². The molecule has 1 unspecified atom stereocenters. The van der Waals surface area contributed by atoms with E-state index in [1.165, 1.54) is 6.20 Å². The second-order valence-corrected chi connectivity index (χ2v) is 16.4. The molecule has 0 spiro atoms. The molecular weight excluding hydrogens is 666 g/mol. The molecule has 2 aromatic carbocycles. The largest absolute Gasteiger partial charge is 0.489 e. The van der Waals surface area contributed by atoms with Crippen LogP contribution < -0.4 is 15.4 Å². The minimum Gasteiger partial charge on any atom is -0.489 e. The number of benzene rings is 2. The van der Waals surface area contributed by atoms with Gasteiger partial charge in [-0.25, -0.2) is 13.4 Å². The summed E-state index contributed by atoms with van der Waals surface area (Å²) in [6.45, 7) is 9.77. The number of hydrogen-bond donors (Lipinski definition) is 2. The number of likely N-dealkylation sites (N-methyl/N-ethyl adjacent to an activating group) is 1. The van der Waals surface area contributed by atoms with Crippen LogP contribution in [0.3, 0.4) is 0 Å². The van der Waals surface area contributed by atoms with Gasteiger partial charge in [-0.3, -0.25) is 14.5 Å². The quantitative estimate of drug-likeness (QED) is 0.273. The van der Waals surface area contributed by atoms with Gasteiger partial charge in [-0.2, -0.15) is 4.98 Å². The number of anilines is 4. The van der Waals surface area contributed by atoms with Crippen molar-refractivity contribution >= 4 is 56.4 Å². The summed E-state index contributed by atoms with van der Waals surface area (Å²) in [6, 6.07) is 10.3. The summed E-state index contributed by atoms with van der Waals surface area (Å²) < 4.78 is 32.2. The average Bonchev–Trinajstić information content (AvgIpc) is 3.64. The Morgan fingerprint density at radius 1 is 1.02 bits per heavy atom. The molecule has 262 valence electrons. The monoisotopic (exact) mass is 709 g/mol. The van der Waals surface area contributed by atoms with E-state index in [4.69, 9.17) is 16.3 Å². The number of para-hydroxylation sites is 1. The van der Waals surface area contributed by atoms with Crippen molar-refractivity contribution in [3.05, 3.63) is 58.7 Å². The van der Waals surface area contributed by atoms with Crippen molar-refractivity contribution in [3.63, 3.8) is 0 Å². The van der Waals surface area contributed by atoms with Gasteiger partial charge in [-0.15, -0.1) is 0 Å². The average molecular weight is 710 g/mol. The van der Waals surface area contributed by atoms with E-state index in [2.05, 4.69) is 25.5 Å². The Kier molecular flexibility index (Phi) is 10.1. The van der Waals surface area contributed by atoms with E-state index in [0.29, 0.717) is 42.3 Å². The van der Waals surface area contributed by atoms with Crippen molar-refractivity contribution in [2.24, 2.45) is 0 Å². The van der Waals surface area contributed by atoms with Crippen LogP contribution in [0, 0.1) is 0 Å². The summed E-state index contributed by atoms with van der Waals surface area (Å²) in [4.78, 5) is 42.0. The lowest BCUT2D eigenvalue weighted by Gasteiger charge is -2.38. The molecule has 0 aliphatic carbocycles. The summed E-state index contributed by atoms with van der Waals surface area (Å²) in [6.07, 6.45) is 4.68. The zero-order valence-corrected chi connectivity index (χ0v) is 30.1. The fraction of sp³-hybridized carbons (Fsp3) is 0.486. The molecule has 2 N–H and O–H groups in total. The number of nitrogens with one attached hydrogen (secondary N) is 2. The highest BCUT2D eigenvalue weighted by molar-refractivity contribution is 7.92. The Morgan fingerprint density at radius 2 is 1.76 bits per heavy atom. The van der Waals surface area contributed by atoms with Gasteiger partial charge in [-0.1, -0.05) is 23.7 Å². The van der Waals surface area contributed by atoms with E-state index in [-0.39, 0.29) is 51.7 Å². The maximum atomic E-state index is 13.7. The fourth-order valence-corrected chi connectivity index (χ4v) is 8.11. The molecule has 14 heteroatoms. The van der Waals surface area contributed by atoms with Gasteiger partial charge in [0.05, 0.1) is 39.9 Å². The van der Waals surface area contributed by atoms with E-state index in [0.717, 1.165) is 37.8 Å². The number of sulfone groups is 1. The van der Waals surface area contributed by atoms with Gasteiger partial charge >= 0.3 is 0 Å². The number of fused-ring (bicyclic) bond motifs is 1. The van der Waals surface area contributed by atoms with Crippen LogP contribution in [0.5, 0.6) is 5.75 Å². The number of nitrogens with zero attached hydrogens (tertiary/aromatic N) is 5. The number of hydrogen-bond acceptors (Lipinski definition) is 10. The van der Waals surface area contributed by atoms with E-state index in [1.807, 2.05) is 36.8 Å². The zero-order valence-electron chi connectivity index (χ0n) is 28.6. The molecule has 3 aliphatic rings. The Bertz CT molecular complexity index is 1850. The Hall–Kier alpha value is -3.94. The summed E-state index contributed by atoms with van der Waals surface area (Å²) in [5.41, 5.74) is 2.38. The number of carbonyl (C=O) groups is 2. The van der Waals surface area contributed by atoms with Crippen LogP contribution in [-0.4, -0.2) is 95.0 Å². The van der Waals surface area contributed by atoms with Gasteiger partial charge in [0.2, 0.25) is 11.9 Å². The number of amides is 2. The molecule has 49 heavy (non-hydrogen) atoms. The third-order valence-electron chi connectivity index (χ3n) is 9.48. The van der Waals surface area contributed by atoms with Crippen LogP contribution in [0.2, 0.25) is 5.02 Å². The van der Waals surface area contributed by atoms with Crippen molar-refractivity contribution in [2.75, 3.05) is 37.3 Å². The number of rotatable bonds is 10. The molecule has 3 aliphatic heterocycles. The van der Waals surface area contributed by atoms with Crippen molar-refractivity contribution in [1.82, 2.24) is 24.7 Å². The third-order valence-corrected chi connectivity index (χ3v) is 12.0. The smallest absolute Gasteiger partial charge is 0.254 e. The van der Waals surface area contributed by atoms with Gasteiger partial charge in [0.25, 0.3) is 5.91 Å². The molecule has 1 atom stereocenters. The summed E-state index contributed by atoms with van der Waals surface area (Å²) in [5.74, 6) is 1.07. The number of carbonyl (C=O) groups excluding carboxylic acids is 2. The van der Waals surface area contributed by atoms with Crippen LogP contribution in [0.15, 0.2) is 47.5 Å². The molecule has 4 heterocycles. The first-order chi connectivity index (χ1) is 23.3. The lowest BCUT2D eigenvalue weighted by molar-refractivity contribution is -0.137. The molecule has 1 aromatic heterocycles. The highest BCUT2D eigenvalue weighted by Crippen LogP contribution is 2.38. The van der Waals surface area contributed by atoms with Crippen molar-refractivity contribution < 1.29 is 22.7 Å². The van der Waals surface area contributed by atoms with Gasteiger partial charge in [0.15, 0.2) is 15.7 Å². The molecular formula is C35H44ClN7O5S. The highest BCUT2D eigenvalue weighted by Gasteiger charge is 2.38. The zero-order chi connectivity index (χ0) is 35.0. The molecule has 6 rings (SSSR count). The first kappa shape index (κ1) is 34.9. The molecule has 0 radical (unpaired) electrons. The van der Waals surface area contributed by atoms with Crippen LogP contribution >= 0.6 is 11.6 Å². The second-order valence-electron chi connectivity index (χ2n) is 13.5. The Labute approximate surface area is 293 Å². The minimum atomic E-state index is -3.58. The predicted molar refractivity (Wildman–Crippen MR) is 190 cm³/mol. The van der Waals surface area contributed by atoms with Gasteiger partial charge in [0, 0.05) is 31.2 Å². The first-order valence-corrected chi connectivity index (χ1v) is 18.8. The number of aromatic nitrogens is 2. The standard InChI is InChI=1S/C35H44ClN7O5S/c1-21(2)48-30-18-25-23(20-43(33(25)44)24-12-15-42(16-13-24)34(45)29-10-8-14-41(29)5)17-28(30)39-35-37-19-26(36)32(40-35)38-27-9-6-7-11-31(27)49(46,47)22(3)4/h6-7,9,11,17-19,21-22,24,29H,8,10,12-16,20H2,1-5H3,(H2,37,38,39,40). The molecule has 3 aromatic rings. The fourth-order valence-electron chi connectivity index (χ4n) is 6.77. The van der Waals surface area contributed by atoms with Gasteiger partial charge < -0.3 is 25.2 Å². The maximum Gasteiger partial charge on any atom is 0.254 e. The number of ether oxygens (including phenoxy) is 1. The minimum absolute atomic E-state index is 0.0340. The Morgan fingerprint density at radius 3 is 2.43 bits per heavy atom. The SMILES string of the molecule is CC(C)Oc1cc2c(cc1Nc1ncc(Cl)c(Nc3ccccc3S(=O)(=O)C(C)C)n1)CN(C1CCN(C(=O)C3CCCN3C)CC1)C2=O. The second kappa shape index (κ2) is 14.1. The van der Waals surface area contributed by atoms with Crippen molar-refractivity contribution in [1.29, 1.82) is 0 Å². The van der Waals surface area contributed by atoms with Crippen LogP contribution in [-0.2, 0) is 21.2 Å². The summed E-state index contributed by atoms with van der Waals surface area (Å²) in [5, 5.41) is 5.91. The van der Waals surface area contributed by atoms with Gasteiger partial charge in [0.1, 0.15) is 10.8 Å². The van der Waals surface area contributed by atoms with Crippen molar-refractivity contribution in [3.8, 4) is 5.75 Å². The molecule has 0 bridgehead atoms. The number of halogens is 1. The van der Waals surface area contributed by atoms with Crippen LogP contribution in [0.4, 0.5) is 23.1 Å². The molecule has 12 nitrogen and oxygen atoms in total. The predicted octanol–water partition coefficient (Wildman–Crippen LogP) is 5.63. The normalized spacial score (nSPS) is 18.8. The van der Waals surface area contributed by atoms with E-state index in [1.54, 1.807) is 44.2 Å². The summed E-state index contributed by atoms with van der Waals surface area (Å²) in [7, 11) is -1.57. The molecule has 2 fully saturated rings. The van der Waals surface area contributed by atoms with E-state index in [9.17, 15) is 18.0 Å². The van der Waals surface area contributed by atoms with Crippen molar-refractivity contribution in [2.45, 2.75) is 88.3 Å². The lowest BCUT2D eigenvalue weighted by Crippen LogP contribution is -2.51. The topological polar surface area (TPSA) is 137 Å². The summed E-state index contributed by atoms with van der Waals surface area (Å²) >= 11 is 6.47. The van der Waals surface area contributed by atoms with Crippen LogP contribution in [0.1, 0.15) is 69.3 Å². The van der Waals surface area contributed by atoms with Crippen LogP contribution in [0.25, 0.3) is 0 Å². The number of likely N-dealkylation sites (tertiary alicyclic amines) is 2.